The number of amides is 2. The van der Waals surface area contributed by atoms with Crippen LogP contribution in [0.2, 0.25) is 0 Å². The maximum absolute atomic E-state index is 10.3. The van der Waals surface area contributed by atoms with Crippen LogP contribution >= 0.6 is 0 Å². The van der Waals surface area contributed by atoms with Gasteiger partial charge in [-0.25, -0.2) is 4.79 Å². The van der Waals surface area contributed by atoms with Crippen molar-refractivity contribution >= 4 is 6.03 Å². The highest BCUT2D eigenvalue weighted by molar-refractivity contribution is 5.74. The lowest BCUT2D eigenvalue weighted by Crippen LogP contribution is -2.50. The van der Waals surface area contributed by atoms with Gasteiger partial charge in [0.1, 0.15) is 0 Å². The first kappa shape index (κ1) is 5.37. The van der Waals surface area contributed by atoms with Crippen LogP contribution in [0, 0.1) is 0 Å². The summed E-state index contributed by atoms with van der Waals surface area (Å²) >= 11 is 0. The van der Waals surface area contributed by atoms with Gasteiger partial charge in [-0.3, -0.25) is 0 Å². The van der Waals surface area contributed by atoms with Gasteiger partial charge in [-0.15, -0.1) is 0 Å². The molecule has 1 heterocycles. The van der Waals surface area contributed by atoms with Gasteiger partial charge in [0.15, 0.2) is 0 Å². The third kappa shape index (κ3) is 1.10. The predicted octanol–water partition coefficient (Wildman–Crippen LogP) is -1.34. The zero-order valence-electron chi connectivity index (χ0n) is 4.35. The van der Waals surface area contributed by atoms with E-state index in [1.807, 2.05) is 0 Å². The van der Waals surface area contributed by atoms with E-state index in [9.17, 15) is 4.79 Å². The highest BCUT2D eigenvalue weighted by Crippen LogP contribution is 1.82. The van der Waals surface area contributed by atoms with Crippen molar-refractivity contribution in [3.05, 3.63) is 0 Å². The molecule has 0 bridgehead atoms. The zero-order chi connectivity index (χ0) is 5.98. The topological polar surface area (TPSA) is 61.4 Å². The summed E-state index contributed by atoms with van der Waals surface area (Å²) in [5.74, 6) is 0. The third-order valence-electron chi connectivity index (χ3n) is 0.996. The highest BCUT2D eigenvalue weighted by Gasteiger charge is 2.12. The fourth-order valence-electron chi connectivity index (χ4n) is 0.556. The molecular formula is C4H8N2O2. The molecule has 1 rings (SSSR count). The Morgan fingerprint density at radius 3 is 2.38 bits per heavy atom. The second kappa shape index (κ2) is 2.00. The SMILES string of the molecule is O=C1NCC(O)CN1. The van der Waals surface area contributed by atoms with E-state index in [0.29, 0.717) is 13.1 Å². The Balaban J connectivity index is 2.29. The molecule has 8 heavy (non-hydrogen) atoms. The number of urea groups is 1. The molecule has 0 aromatic carbocycles. The molecule has 1 aliphatic rings. The first-order valence-electron chi connectivity index (χ1n) is 2.49. The highest BCUT2D eigenvalue weighted by atomic mass is 16.3. The standard InChI is InChI=1S/C4H8N2O2/c7-3-1-5-4(8)6-2-3/h3,7H,1-2H2,(H2,5,6,8). The number of rotatable bonds is 0. The summed E-state index contributed by atoms with van der Waals surface area (Å²) in [7, 11) is 0. The summed E-state index contributed by atoms with van der Waals surface area (Å²) in [6.07, 6.45) is -0.423. The Kier molecular flexibility index (Phi) is 1.34. The van der Waals surface area contributed by atoms with Crippen molar-refractivity contribution < 1.29 is 9.90 Å². The van der Waals surface area contributed by atoms with Crippen LogP contribution in [-0.2, 0) is 0 Å². The van der Waals surface area contributed by atoms with Crippen molar-refractivity contribution in [1.29, 1.82) is 0 Å². The molecule has 0 aliphatic carbocycles. The molecule has 0 unspecified atom stereocenters. The van der Waals surface area contributed by atoms with Gasteiger partial charge in [0, 0.05) is 13.1 Å². The normalized spacial score (nSPS) is 21.9. The Hall–Kier alpha value is -0.770. The molecule has 0 radical (unpaired) electrons. The van der Waals surface area contributed by atoms with E-state index in [2.05, 4.69) is 10.6 Å². The molecular weight excluding hydrogens is 108 g/mol. The second-order valence-corrected chi connectivity index (χ2v) is 1.74. The quantitative estimate of drug-likeness (QED) is 0.367. The predicted molar refractivity (Wildman–Crippen MR) is 27.4 cm³/mol. The number of carbonyl (C=O) groups is 1. The van der Waals surface area contributed by atoms with Crippen LogP contribution < -0.4 is 10.6 Å². The van der Waals surface area contributed by atoms with E-state index in [0.717, 1.165) is 0 Å². The van der Waals surface area contributed by atoms with Gasteiger partial charge in [0.2, 0.25) is 0 Å². The van der Waals surface area contributed by atoms with Crippen LogP contribution in [0.1, 0.15) is 0 Å². The van der Waals surface area contributed by atoms with Crippen LogP contribution in [0.5, 0.6) is 0 Å². The number of aliphatic hydroxyl groups excluding tert-OH is 1. The summed E-state index contributed by atoms with van der Waals surface area (Å²) in [5, 5.41) is 13.6. The maximum Gasteiger partial charge on any atom is 0.314 e. The van der Waals surface area contributed by atoms with Gasteiger partial charge in [-0.2, -0.15) is 0 Å². The van der Waals surface area contributed by atoms with Crippen molar-refractivity contribution in [2.45, 2.75) is 6.10 Å². The number of aliphatic hydroxyl groups is 1. The summed E-state index contributed by atoms with van der Waals surface area (Å²) in [6, 6.07) is -0.199. The fraction of sp³-hybridized carbons (Fsp3) is 0.750. The molecule has 0 aromatic rings. The first-order valence-corrected chi connectivity index (χ1v) is 2.49. The molecule has 4 heteroatoms. The fourth-order valence-corrected chi connectivity index (χ4v) is 0.556. The summed E-state index contributed by atoms with van der Waals surface area (Å²) in [6.45, 7) is 0.734. The number of hydrogen-bond donors (Lipinski definition) is 3. The van der Waals surface area contributed by atoms with Crippen LogP contribution in [-0.4, -0.2) is 30.3 Å². The average molecular weight is 116 g/mol. The van der Waals surface area contributed by atoms with Gasteiger partial charge >= 0.3 is 6.03 Å². The minimum absolute atomic E-state index is 0.199. The lowest BCUT2D eigenvalue weighted by molar-refractivity contribution is 0.152. The minimum atomic E-state index is -0.423. The molecule has 0 saturated carbocycles. The molecule has 4 nitrogen and oxygen atoms in total. The number of carbonyl (C=O) groups excluding carboxylic acids is 1. The van der Waals surface area contributed by atoms with Gasteiger partial charge in [0.25, 0.3) is 0 Å². The van der Waals surface area contributed by atoms with E-state index in [4.69, 9.17) is 5.11 Å². The second-order valence-electron chi connectivity index (χ2n) is 1.74. The van der Waals surface area contributed by atoms with Gasteiger partial charge in [-0.05, 0) is 0 Å². The van der Waals surface area contributed by atoms with Crippen molar-refractivity contribution in [1.82, 2.24) is 10.6 Å². The monoisotopic (exact) mass is 116 g/mol. The number of hydrogen-bond acceptors (Lipinski definition) is 2. The summed E-state index contributed by atoms with van der Waals surface area (Å²) in [4.78, 5) is 10.3. The molecule has 3 N–H and O–H groups in total. The Morgan fingerprint density at radius 1 is 1.50 bits per heavy atom. The Morgan fingerprint density at radius 2 is 2.00 bits per heavy atom. The van der Waals surface area contributed by atoms with Crippen molar-refractivity contribution in [3.8, 4) is 0 Å². The number of β-amino-alcohol motifs (C(OH)–C–C–N with tert-alkyl or cyclic N) is 1. The van der Waals surface area contributed by atoms with Crippen molar-refractivity contribution in [2.75, 3.05) is 13.1 Å². The molecule has 2 amide bonds. The molecule has 1 aliphatic heterocycles. The van der Waals surface area contributed by atoms with Crippen LogP contribution in [0.15, 0.2) is 0 Å². The van der Waals surface area contributed by atoms with Crippen LogP contribution in [0.4, 0.5) is 4.79 Å². The van der Waals surface area contributed by atoms with Gasteiger partial charge in [-0.1, -0.05) is 0 Å². The molecule has 46 valence electrons. The van der Waals surface area contributed by atoms with E-state index in [1.54, 1.807) is 0 Å². The van der Waals surface area contributed by atoms with E-state index < -0.39 is 6.10 Å². The molecule has 0 atom stereocenters. The van der Waals surface area contributed by atoms with E-state index in [-0.39, 0.29) is 6.03 Å². The van der Waals surface area contributed by atoms with Crippen molar-refractivity contribution in [2.24, 2.45) is 0 Å². The maximum atomic E-state index is 10.3. The smallest absolute Gasteiger partial charge is 0.314 e. The minimum Gasteiger partial charge on any atom is -0.389 e. The molecule has 0 aromatic heterocycles. The lowest BCUT2D eigenvalue weighted by Gasteiger charge is -2.18. The van der Waals surface area contributed by atoms with E-state index in [1.165, 1.54) is 0 Å². The summed E-state index contributed by atoms with van der Waals surface area (Å²) in [5.41, 5.74) is 0. The van der Waals surface area contributed by atoms with Crippen molar-refractivity contribution in [3.63, 3.8) is 0 Å². The average Bonchev–Trinajstić information content (AvgIpc) is 1.77. The Labute approximate surface area is 46.9 Å². The molecule has 0 spiro atoms. The molecule has 1 fully saturated rings. The number of nitrogens with one attached hydrogen (secondary N) is 2. The molecule has 1 saturated heterocycles. The lowest BCUT2D eigenvalue weighted by atomic mass is 10.3. The van der Waals surface area contributed by atoms with Gasteiger partial charge < -0.3 is 15.7 Å². The van der Waals surface area contributed by atoms with Gasteiger partial charge in [0.05, 0.1) is 6.10 Å². The summed E-state index contributed by atoms with van der Waals surface area (Å²) < 4.78 is 0. The Bertz CT molecular complexity index is 94.2. The van der Waals surface area contributed by atoms with E-state index >= 15 is 0 Å². The first-order chi connectivity index (χ1) is 3.79. The largest absolute Gasteiger partial charge is 0.389 e. The zero-order valence-corrected chi connectivity index (χ0v) is 4.35. The van der Waals surface area contributed by atoms with Crippen LogP contribution in [0.3, 0.4) is 0 Å². The van der Waals surface area contributed by atoms with Crippen LogP contribution in [0.25, 0.3) is 0 Å². The third-order valence-corrected chi connectivity index (χ3v) is 0.996.